The molecule has 1 rings (SSSR count). The van der Waals surface area contributed by atoms with Gasteiger partial charge in [0, 0.05) is 24.2 Å². The lowest BCUT2D eigenvalue weighted by Crippen LogP contribution is -2.53. The molecule has 2 N–H and O–H groups in total. The van der Waals surface area contributed by atoms with Crippen LogP contribution in [0.4, 0.5) is 0 Å². The molecule has 1 fully saturated rings. The smallest absolute Gasteiger partial charge is 0.0611 e. The Kier molecular flexibility index (Phi) is 7.62. The van der Waals surface area contributed by atoms with Crippen molar-refractivity contribution in [3.05, 3.63) is 0 Å². The number of nitrogens with one attached hydrogen (secondary N) is 1. The summed E-state index contributed by atoms with van der Waals surface area (Å²) in [4.78, 5) is 4.90. The summed E-state index contributed by atoms with van der Waals surface area (Å²) >= 11 is 0. The molecule has 0 aromatic heterocycles. The van der Waals surface area contributed by atoms with Gasteiger partial charge in [-0.25, -0.2) is 0 Å². The number of hydrogen-bond donors (Lipinski definition) is 2. The Labute approximate surface area is 131 Å². The van der Waals surface area contributed by atoms with Gasteiger partial charge in [-0.2, -0.15) is 0 Å². The van der Waals surface area contributed by atoms with E-state index in [9.17, 15) is 5.11 Å². The predicted molar refractivity (Wildman–Crippen MR) is 90.7 cm³/mol. The van der Waals surface area contributed by atoms with Crippen LogP contribution in [0.25, 0.3) is 0 Å². The summed E-state index contributed by atoms with van der Waals surface area (Å²) in [7, 11) is 4.33. The molecule has 0 saturated carbocycles. The summed E-state index contributed by atoms with van der Waals surface area (Å²) in [6.07, 6.45) is 3.60. The molecule has 1 aliphatic heterocycles. The van der Waals surface area contributed by atoms with Gasteiger partial charge >= 0.3 is 0 Å². The van der Waals surface area contributed by atoms with Crippen LogP contribution in [-0.2, 0) is 0 Å². The Bertz CT molecular complexity index is 288. The highest BCUT2D eigenvalue weighted by Crippen LogP contribution is 2.23. The van der Waals surface area contributed by atoms with Gasteiger partial charge in [-0.1, -0.05) is 13.8 Å². The second-order valence-electron chi connectivity index (χ2n) is 7.81. The molecule has 1 aliphatic rings. The van der Waals surface area contributed by atoms with Crippen LogP contribution < -0.4 is 5.32 Å². The van der Waals surface area contributed by atoms with Crippen LogP contribution in [0.5, 0.6) is 0 Å². The van der Waals surface area contributed by atoms with Crippen molar-refractivity contribution < 1.29 is 5.11 Å². The third kappa shape index (κ3) is 6.64. The molecular weight excluding hydrogens is 262 g/mol. The van der Waals surface area contributed by atoms with Gasteiger partial charge in [-0.05, 0) is 66.2 Å². The summed E-state index contributed by atoms with van der Waals surface area (Å²) in [5.74, 6) is 0.849. The van der Waals surface area contributed by atoms with Gasteiger partial charge in [0.2, 0.25) is 0 Å². The Morgan fingerprint density at radius 1 is 1.24 bits per heavy atom. The third-order valence-electron chi connectivity index (χ3n) is 4.63. The average molecular weight is 300 g/mol. The highest BCUT2D eigenvalue weighted by atomic mass is 16.3. The minimum Gasteiger partial charge on any atom is -0.394 e. The monoisotopic (exact) mass is 299 g/mol. The fourth-order valence-corrected chi connectivity index (χ4v) is 3.74. The minimum atomic E-state index is -0.173. The Balaban J connectivity index is 2.44. The summed E-state index contributed by atoms with van der Waals surface area (Å²) in [5, 5.41) is 13.3. The van der Waals surface area contributed by atoms with E-state index < -0.39 is 0 Å². The maximum Gasteiger partial charge on any atom is 0.0611 e. The third-order valence-corrected chi connectivity index (χ3v) is 4.63. The fourth-order valence-electron chi connectivity index (χ4n) is 3.74. The first kappa shape index (κ1) is 18.9. The summed E-state index contributed by atoms with van der Waals surface area (Å²) in [5.41, 5.74) is -0.173. The van der Waals surface area contributed by atoms with E-state index in [1.165, 1.54) is 32.5 Å². The van der Waals surface area contributed by atoms with Crippen molar-refractivity contribution in [3.63, 3.8) is 0 Å². The van der Waals surface area contributed by atoms with Gasteiger partial charge in [0.1, 0.15) is 0 Å². The SMILES string of the molecule is CC(C)NC(C)(CO)CC(C)N1CCC(CN(C)C)CC1. The molecule has 2 atom stereocenters. The lowest BCUT2D eigenvalue weighted by molar-refractivity contribution is 0.0817. The van der Waals surface area contributed by atoms with Crippen LogP contribution in [0.3, 0.4) is 0 Å². The van der Waals surface area contributed by atoms with Crippen molar-refractivity contribution >= 4 is 0 Å². The van der Waals surface area contributed by atoms with Crippen molar-refractivity contribution in [1.29, 1.82) is 0 Å². The predicted octanol–water partition coefficient (Wildman–Crippen LogP) is 1.79. The molecule has 0 spiro atoms. The second kappa shape index (κ2) is 8.47. The highest BCUT2D eigenvalue weighted by Gasteiger charge is 2.30. The van der Waals surface area contributed by atoms with Gasteiger partial charge in [-0.3, -0.25) is 0 Å². The molecule has 0 amide bonds. The molecule has 2 unspecified atom stereocenters. The lowest BCUT2D eigenvalue weighted by Gasteiger charge is -2.41. The van der Waals surface area contributed by atoms with E-state index in [1.807, 2.05) is 0 Å². The van der Waals surface area contributed by atoms with Crippen LogP contribution >= 0.6 is 0 Å². The van der Waals surface area contributed by atoms with Crippen LogP contribution in [0.15, 0.2) is 0 Å². The van der Waals surface area contributed by atoms with E-state index in [-0.39, 0.29) is 12.1 Å². The van der Waals surface area contributed by atoms with Gasteiger partial charge in [0.15, 0.2) is 0 Å². The second-order valence-corrected chi connectivity index (χ2v) is 7.81. The molecule has 0 radical (unpaired) electrons. The van der Waals surface area contributed by atoms with Crippen molar-refractivity contribution in [2.24, 2.45) is 5.92 Å². The topological polar surface area (TPSA) is 38.7 Å². The lowest BCUT2D eigenvalue weighted by atomic mass is 9.90. The number of nitrogens with zero attached hydrogens (tertiary/aromatic N) is 2. The molecule has 1 saturated heterocycles. The van der Waals surface area contributed by atoms with Crippen LogP contribution in [0.2, 0.25) is 0 Å². The zero-order valence-electron chi connectivity index (χ0n) is 15.0. The number of hydrogen-bond acceptors (Lipinski definition) is 4. The Morgan fingerprint density at radius 3 is 2.24 bits per heavy atom. The largest absolute Gasteiger partial charge is 0.394 e. The van der Waals surface area contributed by atoms with E-state index >= 15 is 0 Å². The molecule has 4 heteroatoms. The molecule has 1 heterocycles. The highest BCUT2D eigenvalue weighted by molar-refractivity contribution is 4.89. The minimum absolute atomic E-state index is 0.173. The number of aliphatic hydroxyl groups is 1. The quantitative estimate of drug-likeness (QED) is 0.717. The maximum absolute atomic E-state index is 9.74. The maximum atomic E-state index is 9.74. The molecule has 0 bridgehead atoms. The van der Waals surface area contributed by atoms with Gasteiger partial charge in [0.25, 0.3) is 0 Å². The molecule has 21 heavy (non-hydrogen) atoms. The van der Waals surface area contributed by atoms with Crippen LogP contribution in [-0.4, -0.2) is 72.9 Å². The first-order valence-electron chi connectivity index (χ1n) is 8.53. The standard InChI is InChI=1S/C17H37N3O/c1-14(2)18-17(4,13-21)11-15(3)20-9-7-16(8-10-20)12-19(5)6/h14-16,18,21H,7-13H2,1-6H3. The fraction of sp³-hybridized carbons (Fsp3) is 1.00. The number of piperidine rings is 1. The zero-order valence-corrected chi connectivity index (χ0v) is 15.0. The molecule has 4 nitrogen and oxygen atoms in total. The summed E-state index contributed by atoms with van der Waals surface area (Å²) in [6, 6.07) is 0.925. The van der Waals surface area contributed by atoms with Gasteiger partial charge < -0.3 is 20.2 Å². The molecule has 126 valence electrons. The first-order chi connectivity index (χ1) is 9.75. The van der Waals surface area contributed by atoms with Gasteiger partial charge in [-0.15, -0.1) is 0 Å². The molecule has 0 aromatic carbocycles. The number of rotatable bonds is 8. The van der Waals surface area contributed by atoms with Crippen LogP contribution in [0, 0.1) is 5.92 Å². The number of likely N-dealkylation sites (tertiary alicyclic amines) is 1. The first-order valence-corrected chi connectivity index (χ1v) is 8.53. The van der Waals surface area contributed by atoms with E-state index in [4.69, 9.17) is 0 Å². The van der Waals surface area contributed by atoms with Gasteiger partial charge in [0.05, 0.1) is 6.61 Å². The van der Waals surface area contributed by atoms with Crippen molar-refractivity contribution in [3.8, 4) is 0 Å². The summed E-state index contributed by atoms with van der Waals surface area (Å²) < 4.78 is 0. The molecular formula is C17H37N3O. The van der Waals surface area contributed by atoms with Crippen molar-refractivity contribution in [2.45, 2.75) is 64.6 Å². The zero-order chi connectivity index (χ0) is 16.0. The van der Waals surface area contributed by atoms with E-state index in [0.29, 0.717) is 12.1 Å². The van der Waals surface area contributed by atoms with E-state index in [2.05, 4.69) is 56.9 Å². The van der Waals surface area contributed by atoms with Crippen LogP contribution in [0.1, 0.15) is 47.0 Å². The van der Waals surface area contributed by atoms with Crippen molar-refractivity contribution in [2.75, 3.05) is 40.3 Å². The average Bonchev–Trinajstić information content (AvgIpc) is 2.37. The van der Waals surface area contributed by atoms with E-state index in [1.54, 1.807) is 0 Å². The summed E-state index contributed by atoms with van der Waals surface area (Å²) in [6.45, 7) is 12.5. The normalized spacial score (nSPS) is 22.7. The van der Waals surface area contributed by atoms with E-state index in [0.717, 1.165) is 12.3 Å². The number of aliphatic hydroxyl groups excluding tert-OH is 1. The van der Waals surface area contributed by atoms with Crippen molar-refractivity contribution in [1.82, 2.24) is 15.1 Å². The molecule has 0 aliphatic carbocycles. The Morgan fingerprint density at radius 2 is 1.81 bits per heavy atom. The molecule has 0 aromatic rings. The Hall–Kier alpha value is -0.160.